The first-order chi connectivity index (χ1) is 4.36. The van der Waals surface area contributed by atoms with Crippen molar-refractivity contribution in [1.29, 1.82) is 0 Å². The van der Waals surface area contributed by atoms with E-state index in [9.17, 15) is 4.39 Å². The van der Waals surface area contributed by atoms with E-state index in [1.807, 2.05) is 0 Å². The lowest BCUT2D eigenvalue weighted by Crippen LogP contribution is -2.19. The molecule has 0 radical (unpaired) electrons. The summed E-state index contributed by atoms with van der Waals surface area (Å²) in [5.74, 6) is 0.320. The zero-order chi connectivity index (χ0) is 6.69. The number of nitrogens with zero attached hydrogens (tertiary/aromatic N) is 1. The van der Waals surface area contributed by atoms with E-state index in [4.69, 9.17) is 5.11 Å². The molecular formula is C6H13FINO. The molecule has 0 aromatic heterocycles. The van der Waals surface area contributed by atoms with Crippen LogP contribution in [0.2, 0.25) is 0 Å². The fourth-order valence-corrected chi connectivity index (χ4v) is 1.17. The van der Waals surface area contributed by atoms with Crippen molar-refractivity contribution in [3.63, 3.8) is 0 Å². The number of alkyl halides is 1. The number of halogens is 2. The summed E-state index contributed by atoms with van der Waals surface area (Å²) in [4.78, 5) is 1.71. The molecule has 1 aliphatic heterocycles. The number of hydrogen-bond acceptors (Lipinski definition) is 2. The number of aliphatic hydroxyl groups is 1. The van der Waals surface area contributed by atoms with Gasteiger partial charge in [0.15, 0.2) is 0 Å². The molecule has 0 unspecified atom stereocenters. The van der Waals surface area contributed by atoms with E-state index >= 15 is 0 Å². The average Bonchev–Trinajstić information content (AvgIpc) is 2.34. The van der Waals surface area contributed by atoms with Gasteiger partial charge in [0.1, 0.15) is 6.80 Å². The van der Waals surface area contributed by atoms with Crippen LogP contribution >= 0.6 is 24.0 Å². The van der Waals surface area contributed by atoms with Gasteiger partial charge in [-0.1, -0.05) is 0 Å². The number of aliphatic hydroxyl groups excluding tert-OH is 1. The summed E-state index contributed by atoms with van der Waals surface area (Å²) in [6.07, 6.45) is 0.945. The summed E-state index contributed by atoms with van der Waals surface area (Å²) < 4.78 is 11.9. The molecule has 0 aromatic rings. The van der Waals surface area contributed by atoms with Crippen molar-refractivity contribution < 1.29 is 9.50 Å². The van der Waals surface area contributed by atoms with Gasteiger partial charge in [0.2, 0.25) is 0 Å². The van der Waals surface area contributed by atoms with Gasteiger partial charge in [-0.05, 0) is 12.3 Å². The first-order valence-electron chi connectivity index (χ1n) is 3.26. The van der Waals surface area contributed by atoms with E-state index in [0.29, 0.717) is 5.92 Å². The number of hydrogen-bond donors (Lipinski definition) is 1. The summed E-state index contributed by atoms with van der Waals surface area (Å²) >= 11 is 0. The third-order valence-corrected chi connectivity index (χ3v) is 1.80. The van der Waals surface area contributed by atoms with Gasteiger partial charge in [0.05, 0.1) is 0 Å². The largest absolute Gasteiger partial charge is 0.396 e. The Balaban J connectivity index is 0.000000810. The van der Waals surface area contributed by atoms with E-state index in [1.54, 1.807) is 4.90 Å². The van der Waals surface area contributed by atoms with Crippen molar-refractivity contribution in [1.82, 2.24) is 4.90 Å². The van der Waals surface area contributed by atoms with Crippen LogP contribution in [0.3, 0.4) is 0 Å². The SMILES string of the molecule is I.OC[C@@H]1CCN(CF)C1. The second kappa shape index (κ2) is 5.26. The summed E-state index contributed by atoms with van der Waals surface area (Å²) in [5, 5.41) is 8.63. The normalized spacial score (nSPS) is 26.4. The summed E-state index contributed by atoms with van der Waals surface area (Å²) in [6, 6.07) is 0. The van der Waals surface area contributed by atoms with E-state index < -0.39 is 0 Å². The van der Waals surface area contributed by atoms with Gasteiger partial charge < -0.3 is 5.11 Å². The van der Waals surface area contributed by atoms with Gasteiger partial charge in [-0.25, -0.2) is 4.39 Å². The van der Waals surface area contributed by atoms with Gasteiger partial charge in [0, 0.05) is 19.7 Å². The van der Waals surface area contributed by atoms with Crippen molar-refractivity contribution in [2.45, 2.75) is 6.42 Å². The Morgan fingerprint density at radius 2 is 2.30 bits per heavy atom. The Morgan fingerprint density at radius 3 is 2.60 bits per heavy atom. The van der Waals surface area contributed by atoms with E-state index in [2.05, 4.69) is 0 Å². The molecule has 1 aliphatic rings. The Bertz CT molecular complexity index is 83.8. The Morgan fingerprint density at radius 1 is 1.60 bits per heavy atom. The van der Waals surface area contributed by atoms with Crippen LogP contribution in [0.15, 0.2) is 0 Å². The molecule has 1 atom stereocenters. The zero-order valence-electron chi connectivity index (χ0n) is 5.79. The van der Waals surface area contributed by atoms with Crippen molar-refractivity contribution in [2.24, 2.45) is 5.92 Å². The van der Waals surface area contributed by atoms with Crippen LogP contribution in [0.5, 0.6) is 0 Å². The Labute approximate surface area is 77.4 Å². The first kappa shape index (κ1) is 10.6. The number of likely N-dealkylation sites (tertiary alicyclic amines) is 1. The second-order valence-corrected chi connectivity index (χ2v) is 2.53. The molecule has 1 rings (SSSR count). The number of rotatable bonds is 2. The maximum atomic E-state index is 11.9. The molecule has 0 amide bonds. The predicted octanol–water partition coefficient (Wildman–Crippen LogP) is 0.846. The lowest BCUT2D eigenvalue weighted by atomic mass is 10.1. The highest BCUT2D eigenvalue weighted by molar-refractivity contribution is 14.0. The van der Waals surface area contributed by atoms with Crippen LogP contribution in [0.25, 0.3) is 0 Å². The topological polar surface area (TPSA) is 23.5 Å². The molecule has 1 saturated heterocycles. The molecule has 2 nitrogen and oxygen atoms in total. The van der Waals surface area contributed by atoms with Gasteiger partial charge in [-0.3, -0.25) is 4.90 Å². The van der Waals surface area contributed by atoms with Crippen molar-refractivity contribution in [3.8, 4) is 0 Å². The molecule has 1 fully saturated rings. The molecular weight excluding hydrogens is 248 g/mol. The van der Waals surface area contributed by atoms with Crippen molar-refractivity contribution in [3.05, 3.63) is 0 Å². The standard InChI is InChI=1S/C6H12FNO.HI/c7-5-8-2-1-6(3-8)4-9;/h6,9H,1-5H2;1H/t6-;/m1./s1. The van der Waals surface area contributed by atoms with Crippen LogP contribution in [-0.4, -0.2) is 36.5 Å². The first-order valence-corrected chi connectivity index (χ1v) is 3.26. The highest BCUT2D eigenvalue weighted by atomic mass is 127. The lowest BCUT2D eigenvalue weighted by molar-refractivity contribution is 0.191. The van der Waals surface area contributed by atoms with Crippen LogP contribution in [0.4, 0.5) is 4.39 Å². The van der Waals surface area contributed by atoms with E-state index in [1.165, 1.54) is 0 Å². The van der Waals surface area contributed by atoms with Crippen LogP contribution in [0, 0.1) is 5.92 Å². The maximum Gasteiger partial charge on any atom is 0.143 e. The highest BCUT2D eigenvalue weighted by Gasteiger charge is 2.20. The Kier molecular flexibility index (Phi) is 5.56. The summed E-state index contributed by atoms with van der Waals surface area (Å²) in [5.41, 5.74) is 0. The van der Waals surface area contributed by atoms with Crippen molar-refractivity contribution >= 4 is 24.0 Å². The third-order valence-electron chi connectivity index (χ3n) is 1.80. The fourth-order valence-electron chi connectivity index (χ4n) is 1.17. The molecule has 0 aliphatic carbocycles. The van der Waals surface area contributed by atoms with Crippen LogP contribution < -0.4 is 0 Å². The van der Waals surface area contributed by atoms with Gasteiger partial charge in [-0.2, -0.15) is 0 Å². The molecule has 1 N–H and O–H groups in total. The third kappa shape index (κ3) is 2.67. The molecule has 10 heavy (non-hydrogen) atoms. The minimum Gasteiger partial charge on any atom is -0.396 e. The zero-order valence-corrected chi connectivity index (χ0v) is 8.12. The molecule has 4 heteroatoms. The van der Waals surface area contributed by atoms with Gasteiger partial charge >= 0.3 is 0 Å². The minimum absolute atomic E-state index is 0. The van der Waals surface area contributed by atoms with Crippen LogP contribution in [-0.2, 0) is 0 Å². The highest BCUT2D eigenvalue weighted by Crippen LogP contribution is 2.14. The molecule has 0 spiro atoms. The van der Waals surface area contributed by atoms with E-state index in [-0.39, 0.29) is 37.4 Å². The molecule has 1 heterocycles. The van der Waals surface area contributed by atoms with E-state index in [0.717, 1.165) is 19.5 Å². The summed E-state index contributed by atoms with van der Waals surface area (Å²) in [6.45, 7) is 1.38. The van der Waals surface area contributed by atoms with Crippen molar-refractivity contribution in [2.75, 3.05) is 26.5 Å². The molecule has 0 bridgehead atoms. The fraction of sp³-hybridized carbons (Fsp3) is 1.00. The van der Waals surface area contributed by atoms with Crippen LogP contribution in [0.1, 0.15) is 6.42 Å². The monoisotopic (exact) mass is 261 g/mol. The maximum absolute atomic E-state index is 11.9. The minimum atomic E-state index is -0.365. The van der Waals surface area contributed by atoms with Gasteiger partial charge in [0.25, 0.3) is 0 Å². The molecule has 0 aromatic carbocycles. The molecule has 0 saturated carbocycles. The molecule has 62 valence electrons. The van der Waals surface area contributed by atoms with Gasteiger partial charge in [-0.15, -0.1) is 24.0 Å². The average molecular weight is 261 g/mol. The quantitative estimate of drug-likeness (QED) is 0.588. The Hall–Kier alpha value is 0.580. The second-order valence-electron chi connectivity index (χ2n) is 2.53. The smallest absolute Gasteiger partial charge is 0.143 e. The predicted molar refractivity (Wildman–Crippen MR) is 48.2 cm³/mol. The summed E-state index contributed by atoms with van der Waals surface area (Å²) in [7, 11) is 0. The lowest BCUT2D eigenvalue weighted by Gasteiger charge is -2.08.